The number of fused-ring (bicyclic) bond motifs is 1. The van der Waals surface area contributed by atoms with E-state index in [0.717, 1.165) is 0 Å². The number of hydrogen-bond acceptors (Lipinski definition) is 9. The Morgan fingerprint density at radius 3 is 2.67 bits per heavy atom. The number of esters is 1. The zero-order valence-corrected chi connectivity index (χ0v) is 22.1. The Bertz CT molecular complexity index is 1800. The number of methoxy groups -OCH3 is 1. The molecule has 0 amide bonds. The lowest BCUT2D eigenvalue weighted by Gasteiger charge is -2.24. The van der Waals surface area contributed by atoms with Crippen molar-refractivity contribution in [2.24, 2.45) is 4.99 Å². The molecule has 0 radical (unpaired) electrons. The van der Waals surface area contributed by atoms with Gasteiger partial charge in [-0.2, -0.15) is 0 Å². The first-order chi connectivity index (χ1) is 18.8. The van der Waals surface area contributed by atoms with Crippen LogP contribution < -0.4 is 19.6 Å². The quantitative estimate of drug-likeness (QED) is 0.195. The molecule has 2 aromatic carbocycles. The number of furan rings is 1. The first-order valence-corrected chi connectivity index (χ1v) is 12.8. The summed E-state index contributed by atoms with van der Waals surface area (Å²) in [5.74, 6) is 0.966. The molecule has 0 spiro atoms. The number of carbonyl (C=O) groups excluding carboxylic acids is 1. The number of aromatic nitrogens is 1. The molecule has 11 heteroatoms. The number of rotatable bonds is 7. The number of benzene rings is 2. The van der Waals surface area contributed by atoms with Crippen molar-refractivity contribution in [3.8, 4) is 17.1 Å². The maximum absolute atomic E-state index is 13.7. The van der Waals surface area contributed by atoms with E-state index in [9.17, 15) is 19.7 Å². The van der Waals surface area contributed by atoms with E-state index < -0.39 is 16.9 Å². The van der Waals surface area contributed by atoms with E-state index in [-0.39, 0.29) is 23.4 Å². The third-order valence-electron chi connectivity index (χ3n) is 6.19. The summed E-state index contributed by atoms with van der Waals surface area (Å²) in [5, 5.41) is 10.9. The monoisotopic (exact) mass is 545 g/mol. The van der Waals surface area contributed by atoms with Crippen LogP contribution in [-0.2, 0) is 9.53 Å². The molecule has 39 heavy (non-hydrogen) atoms. The highest BCUT2D eigenvalue weighted by Crippen LogP contribution is 2.32. The summed E-state index contributed by atoms with van der Waals surface area (Å²) >= 11 is 1.18. The van der Waals surface area contributed by atoms with E-state index >= 15 is 0 Å². The van der Waals surface area contributed by atoms with Gasteiger partial charge in [0.2, 0.25) is 0 Å². The molecular weight excluding hydrogens is 522 g/mol. The molecule has 3 heterocycles. The number of thiazole rings is 1. The van der Waals surface area contributed by atoms with Gasteiger partial charge in [-0.05, 0) is 55.8 Å². The van der Waals surface area contributed by atoms with Crippen LogP contribution in [-0.4, -0.2) is 29.2 Å². The molecule has 0 bridgehead atoms. The van der Waals surface area contributed by atoms with Gasteiger partial charge in [-0.15, -0.1) is 0 Å². The molecule has 2 aromatic heterocycles. The van der Waals surface area contributed by atoms with Crippen molar-refractivity contribution in [2.45, 2.75) is 19.9 Å². The maximum Gasteiger partial charge on any atom is 0.338 e. The third-order valence-corrected chi connectivity index (χ3v) is 7.17. The maximum atomic E-state index is 13.7. The first kappa shape index (κ1) is 25.9. The normalized spacial score (nSPS) is 15.1. The molecule has 0 aliphatic carbocycles. The van der Waals surface area contributed by atoms with Crippen molar-refractivity contribution >= 4 is 29.1 Å². The van der Waals surface area contributed by atoms with Gasteiger partial charge in [0.15, 0.2) is 4.80 Å². The van der Waals surface area contributed by atoms with Gasteiger partial charge in [0, 0.05) is 23.8 Å². The lowest BCUT2D eigenvalue weighted by Crippen LogP contribution is -2.39. The van der Waals surface area contributed by atoms with Gasteiger partial charge < -0.3 is 13.9 Å². The second kappa shape index (κ2) is 10.5. The second-order valence-electron chi connectivity index (χ2n) is 8.58. The molecule has 0 N–H and O–H groups in total. The fourth-order valence-electron chi connectivity index (χ4n) is 4.38. The standard InChI is InChI=1S/C28H23N3O7S/c1-4-37-27(33)24-16(2)29-28-30(25(24)18-6-5-7-20(14-18)36-3)26(32)23(39-28)15-21-12-13-22(38-21)17-8-10-19(11-9-17)31(34)35/h5-15,25H,4H2,1-3H3/b23-15-. The largest absolute Gasteiger partial charge is 0.497 e. The molecule has 1 unspecified atom stereocenters. The lowest BCUT2D eigenvalue weighted by molar-refractivity contribution is -0.384. The van der Waals surface area contributed by atoms with Crippen molar-refractivity contribution in [2.75, 3.05) is 13.7 Å². The van der Waals surface area contributed by atoms with E-state index in [1.165, 1.54) is 28.0 Å². The highest BCUT2D eigenvalue weighted by Gasteiger charge is 2.33. The Morgan fingerprint density at radius 1 is 1.21 bits per heavy atom. The molecule has 1 aliphatic heterocycles. The number of allylic oxidation sites excluding steroid dienone is 1. The SMILES string of the molecule is CCOC(=O)C1=C(C)N=c2s/c(=C\c3ccc(-c4ccc([N+](=O)[O-])cc4)o3)c(=O)n2C1c1cccc(OC)c1. The fourth-order valence-corrected chi connectivity index (χ4v) is 5.41. The Kier molecular flexibility index (Phi) is 6.99. The average molecular weight is 546 g/mol. The molecule has 0 saturated carbocycles. The summed E-state index contributed by atoms with van der Waals surface area (Å²) < 4.78 is 18.5. The van der Waals surface area contributed by atoms with Crippen molar-refractivity contribution < 1.29 is 23.6 Å². The fraction of sp³-hybridized carbons (Fsp3) is 0.179. The van der Waals surface area contributed by atoms with Crippen molar-refractivity contribution in [3.05, 3.63) is 113 Å². The van der Waals surface area contributed by atoms with Crippen LogP contribution in [0.15, 0.2) is 86.1 Å². The summed E-state index contributed by atoms with van der Waals surface area (Å²) in [4.78, 5) is 42.2. The smallest absolute Gasteiger partial charge is 0.338 e. The molecule has 1 atom stereocenters. The average Bonchev–Trinajstić information content (AvgIpc) is 3.52. The molecule has 0 fully saturated rings. The molecule has 198 valence electrons. The highest BCUT2D eigenvalue weighted by atomic mass is 32.1. The number of ether oxygens (including phenoxy) is 2. The number of carbonyl (C=O) groups is 1. The topological polar surface area (TPSA) is 126 Å². The zero-order valence-electron chi connectivity index (χ0n) is 21.2. The van der Waals surface area contributed by atoms with E-state index in [0.29, 0.717) is 43.4 Å². The minimum Gasteiger partial charge on any atom is -0.497 e. The van der Waals surface area contributed by atoms with Gasteiger partial charge in [0.1, 0.15) is 17.3 Å². The Morgan fingerprint density at radius 2 is 1.97 bits per heavy atom. The van der Waals surface area contributed by atoms with Gasteiger partial charge in [0.05, 0.1) is 40.5 Å². The van der Waals surface area contributed by atoms with Gasteiger partial charge in [-0.3, -0.25) is 19.5 Å². The van der Waals surface area contributed by atoms with Crippen LogP contribution in [0.25, 0.3) is 17.4 Å². The Hall–Kier alpha value is -4.77. The van der Waals surface area contributed by atoms with Gasteiger partial charge in [-0.1, -0.05) is 23.5 Å². The third kappa shape index (κ3) is 4.91. The van der Waals surface area contributed by atoms with Crippen LogP contribution in [0.2, 0.25) is 0 Å². The number of nitro groups is 1. The van der Waals surface area contributed by atoms with E-state index in [1.54, 1.807) is 69.5 Å². The number of hydrogen-bond donors (Lipinski definition) is 0. The molecule has 0 saturated heterocycles. The molecule has 1 aliphatic rings. The van der Waals surface area contributed by atoms with Crippen LogP contribution >= 0.6 is 11.3 Å². The second-order valence-corrected chi connectivity index (χ2v) is 9.59. The molecular formula is C28H23N3O7S. The van der Waals surface area contributed by atoms with Crippen LogP contribution in [0.1, 0.15) is 31.2 Å². The summed E-state index contributed by atoms with van der Waals surface area (Å²) in [7, 11) is 1.55. The summed E-state index contributed by atoms with van der Waals surface area (Å²) in [5.41, 5.74) is 1.73. The van der Waals surface area contributed by atoms with Crippen LogP contribution in [0.3, 0.4) is 0 Å². The Labute approximate surface area is 225 Å². The first-order valence-electron chi connectivity index (χ1n) is 12.0. The van der Waals surface area contributed by atoms with Crippen molar-refractivity contribution in [1.29, 1.82) is 0 Å². The summed E-state index contributed by atoms with van der Waals surface area (Å²) in [6.07, 6.45) is 1.62. The lowest BCUT2D eigenvalue weighted by atomic mass is 9.95. The summed E-state index contributed by atoms with van der Waals surface area (Å²) in [6, 6.07) is 15.9. The summed E-state index contributed by atoms with van der Waals surface area (Å²) in [6.45, 7) is 3.62. The van der Waals surface area contributed by atoms with Crippen LogP contribution in [0.5, 0.6) is 5.75 Å². The highest BCUT2D eigenvalue weighted by molar-refractivity contribution is 7.07. The minimum absolute atomic E-state index is 0.0188. The molecule has 5 rings (SSSR count). The van der Waals surface area contributed by atoms with Gasteiger partial charge in [0.25, 0.3) is 11.2 Å². The number of non-ortho nitro benzene ring substituents is 1. The predicted octanol–water partition coefficient (Wildman–Crippen LogP) is 3.98. The molecule has 10 nitrogen and oxygen atoms in total. The van der Waals surface area contributed by atoms with E-state index in [2.05, 4.69) is 4.99 Å². The minimum atomic E-state index is -0.759. The number of nitro benzene ring substituents is 1. The van der Waals surface area contributed by atoms with Crippen LogP contribution in [0.4, 0.5) is 5.69 Å². The Balaban J connectivity index is 1.60. The van der Waals surface area contributed by atoms with Crippen LogP contribution in [0, 0.1) is 10.1 Å². The zero-order chi connectivity index (χ0) is 27.7. The van der Waals surface area contributed by atoms with E-state index in [1.807, 2.05) is 6.07 Å². The molecule has 4 aromatic rings. The van der Waals surface area contributed by atoms with Gasteiger partial charge in [-0.25, -0.2) is 9.79 Å². The predicted molar refractivity (Wildman–Crippen MR) is 144 cm³/mol. The van der Waals surface area contributed by atoms with Crippen molar-refractivity contribution in [3.63, 3.8) is 0 Å². The van der Waals surface area contributed by atoms with Gasteiger partial charge >= 0.3 is 5.97 Å². The van der Waals surface area contributed by atoms with E-state index in [4.69, 9.17) is 13.9 Å². The van der Waals surface area contributed by atoms with Crippen molar-refractivity contribution in [1.82, 2.24) is 4.57 Å². The number of nitrogens with zero attached hydrogens (tertiary/aromatic N) is 3.